The van der Waals surface area contributed by atoms with Gasteiger partial charge in [0.15, 0.2) is 0 Å². The third-order valence-corrected chi connectivity index (χ3v) is 5.25. The molecule has 7 nitrogen and oxygen atoms in total. The summed E-state index contributed by atoms with van der Waals surface area (Å²) in [6.45, 7) is 0.236. The van der Waals surface area contributed by atoms with E-state index in [1.54, 1.807) is 60.7 Å². The molecule has 0 bridgehead atoms. The van der Waals surface area contributed by atoms with Gasteiger partial charge in [0, 0.05) is 5.56 Å². The van der Waals surface area contributed by atoms with Crippen LogP contribution in [0.25, 0.3) is 0 Å². The maximum atomic E-state index is 12.6. The second kappa shape index (κ2) is 9.64. The van der Waals surface area contributed by atoms with Crippen molar-refractivity contribution in [3.8, 4) is 5.75 Å². The zero-order valence-electron chi connectivity index (χ0n) is 17.0. The normalized spacial score (nSPS) is 15.7. The third kappa shape index (κ3) is 4.80. The Bertz CT molecular complexity index is 1150. The molecule has 32 heavy (non-hydrogen) atoms. The van der Waals surface area contributed by atoms with Crippen LogP contribution in [0.3, 0.4) is 0 Å². The fourth-order valence-electron chi connectivity index (χ4n) is 3.34. The number of nitrogens with one attached hydrogen (secondary N) is 2. The van der Waals surface area contributed by atoms with Crippen molar-refractivity contribution in [1.82, 2.24) is 10.9 Å². The molecular formula is C24H20ClN3O4. The van der Waals surface area contributed by atoms with Gasteiger partial charge in [0.25, 0.3) is 11.8 Å². The number of hydrogen-bond acceptors (Lipinski definition) is 5. The minimum atomic E-state index is -0.835. The molecule has 0 aliphatic carbocycles. The van der Waals surface area contributed by atoms with Crippen molar-refractivity contribution >= 4 is 35.0 Å². The molecule has 3 aromatic carbocycles. The van der Waals surface area contributed by atoms with Gasteiger partial charge in [0.1, 0.15) is 18.4 Å². The molecule has 2 N–H and O–H groups in total. The lowest BCUT2D eigenvalue weighted by molar-refractivity contribution is -0.121. The van der Waals surface area contributed by atoms with Crippen molar-refractivity contribution in [2.75, 3.05) is 4.90 Å². The molecule has 0 spiro atoms. The highest BCUT2D eigenvalue weighted by molar-refractivity contribution is 6.32. The van der Waals surface area contributed by atoms with Crippen LogP contribution in [0.5, 0.6) is 5.75 Å². The molecule has 4 rings (SSSR count). The fraction of sp³-hybridized carbons (Fsp3) is 0.125. The van der Waals surface area contributed by atoms with Crippen LogP contribution in [0.1, 0.15) is 22.3 Å². The molecule has 1 atom stereocenters. The smallest absolute Gasteiger partial charge is 0.265 e. The first-order valence-electron chi connectivity index (χ1n) is 9.97. The molecule has 0 unspecified atom stereocenters. The summed E-state index contributed by atoms with van der Waals surface area (Å²) in [6.07, 6.45) is -0.0419. The molecule has 1 aliphatic heterocycles. The molecule has 1 fully saturated rings. The van der Waals surface area contributed by atoms with E-state index in [1.807, 2.05) is 18.2 Å². The second-order valence-corrected chi connectivity index (χ2v) is 7.58. The Hall–Kier alpha value is -3.68. The molecule has 8 heteroatoms. The van der Waals surface area contributed by atoms with Gasteiger partial charge in [-0.1, -0.05) is 54.1 Å². The Balaban J connectivity index is 1.35. The molecule has 0 aromatic heterocycles. The molecular weight excluding hydrogens is 430 g/mol. The van der Waals surface area contributed by atoms with E-state index in [0.29, 0.717) is 22.0 Å². The third-order valence-electron chi connectivity index (χ3n) is 4.94. The van der Waals surface area contributed by atoms with Gasteiger partial charge in [-0.15, -0.1) is 0 Å². The van der Waals surface area contributed by atoms with E-state index in [1.165, 1.54) is 0 Å². The minimum absolute atomic E-state index is 0.0419. The molecule has 0 saturated carbocycles. The molecule has 3 aromatic rings. The van der Waals surface area contributed by atoms with Gasteiger partial charge in [-0.05, 0) is 42.0 Å². The standard InChI is InChI=1S/C24H20ClN3O4/c25-19-11-4-5-12-21(19)32-15-16-7-6-8-17(13-16)23(30)27-26-20-14-22(29)28(24(20)31)18-9-2-1-3-10-18/h1-13,20,26H,14-15H2,(H,27,30)/t20-/m0/s1. The number of carbonyl (C=O) groups excluding carboxylic acids is 3. The molecule has 1 saturated heterocycles. The summed E-state index contributed by atoms with van der Waals surface area (Å²) >= 11 is 6.09. The van der Waals surface area contributed by atoms with Crippen LogP contribution < -0.4 is 20.5 Å². The van der Waals surface area contributed by atoms with E-state index in [2.05, 4.69) is 10.9 Å². The predicted octanol–water partition coefficient (Wildman–Crippen LogP) is 3.49. The summed E-state index contributed by atoms with van der Waals surface area (Å²) < 4.78 is 5.71. The molecule has 3 amide bonds. The van der Waals surface area contributed by atoms with Crippen LogP contribution in [0.2, 0.25) is 5.02 Å². The summed E-state index contributed by atoms with van der Waals surface area (Å²) in [5.74, 6) is -0.615. The first-order valence-corrected chi connectivity index (χ1v) is 10.3. The van der Waals surface area contributed by atoms with Crippen molar-refractivity contribution < 1.29 is 19.1 Å². The maximum Gasteiger partial charge on any atom is 0.265 e. The number of imide groups is 1. The lowest BCUT2D eigenvalue weighted by Crippen LogP contribution is -2.48. The summed E-state index contributed by atoms with van der Waals surface area (Å²) in [6, 6.07) is 21.9. The van der Waals surface area contributed by atoms with Crippen molar-refractivity contribution in [3.05, 3.63) is 95.0 Å². The number of hydrazine groups is 1. The highest BCUT2D eigenvalue weighted by atomic mass is 35.5. The van der Waals surface area contributed by atoms with Gasteiger partial charge >= 0.3 is 0 Å². The van der Waals surface area contributed by atoms with Crippen LogP contribution in [-0.2, 0) is 16.2 Å². The predicted molar refractivity (Wildman–Crippen MR) is 120 cm³/mol. The lowest BCUT2D eigenvalue weighted by Gasteiger charge is -2.16. The Labute approximate surface area is 189 Å². The average molecular weight is 450 g/mol. The lowest BCUT2D eigenvalue weighted by atomic mass is 10.1. The number of para-hydroxylation sites is 2. The maximum absolute atomic E-state index is 12.6. The number of rotatable bonds is 7. The van der Waals surface area contributed by atoms with Gasteiger partial charge in [-0.2, -0.15) is 0 Å². The summed E-state index contributed by atoms with van der Waals surface area (Å²) in [4.78, 5) is 38.6. The van der Waals surface area contributed by atoms with Gasteiger partial charge in [-0.25, -0.2) is 10.3 Å². The first kappa shape index (κ1) is 21.5. The Morgan fingerprint density at radius 2 is 1.75 bits per heavy atom. The highest BCUT2D eigenvalue weighted by Crippen LogP contribution is 2.24. The van der Waals surface area contributed by atoms with Crippen molar-refractivity contribution in [2.45, 2.75) is 19.1 Å². The Morgan fingerprint density at radius 3 is 2.53 bits per heavy atom. The van der Waals surface area contributed by atoms with Gasteiger partial charge in [0.05, 0.1) is 17.1 Å². The Kier molecular flexibility index (Phi) is 6.49. The number of ether oxygens (including phenoxy) is 1. The zero-order valence-corrected chi connectivity index (χ0v) is 17.7. The number of nitrogens with zero attached hydrogens (tertiary/aromatic N) is 1. The van der Waals surface area contributed by atoms with Crippen molar-refractivity contribution in [1.29, 1.82) is 0 Å². The van der Waals surface area contributed by atoms with E-state index >= 15 is 0 Å². The van der Waals surface area contributed by atoms with E-state index in [-0.39, 0.29) is 18.9 Å². The minimum Gasteiger partial charge on any atom is -0.487 e. The first-order chi connectivity index (χ1) is 15.5. The highest BCUT2D eigenvalue weighted by Gasteiger charge is 2.39. The molecule has 1 aliphatic rings. The Morgan fingerprint density at radius 1 is 1.00 bits per heavy atom. The van der Waals surface area contributed by atoms with Crippen molar-refractivity contribution in [2.24, 2.45) is 0 Å². The monoisotopic (exact) mass is 449 g/mol. The number of amides is 3. The van der Waals surface area contributed by atoms with Crippen LogP contribution in [0.15, 0.2) is 78.9 Å². The number of benzene rings is 3. The topological polar surface area (TPSA) is 87.7 Å². The van der Waals surface area contributed by atoms with Gasteiger partial charge in [0.2, 0.25) is 5.91 Å². The van der Waals surface area contributed by atoms with Crippen molar-refractivity contribution in [3.63, 3.8) is 0 Å². The quantitative estimate of drug-likeness (QED) is 0.426. The number of anilines is 1. The van der Waals surface area contributed by atoms with Gasteiger partial charge in [-0.3, -0.25) is 19.8 Å². The average Bonchev–Trinajstić information content (AvgIpc) is 3.10. The fourth-order valence-corrected chi connectivity index (χ4v) is 3.53. The summed E-state index contributed by atoms with van der Waals surface area (Å²) in [5.41, 5.74) is 6.87. The number of halogens is 1. The van der Waals surface area contributed by atoms with E-state index in [9.17, 15) is 14.4 Å². The van der Waals surface area contributed by atoms with E-state index < -0.39 is 17.9 Å². The zero-order chi connectivity index (χ0) is 22.5. The van der Waals surface area contributed by atoms with Crippen LogP contribution >= 0.6 is 11.6 Å². The van der Waals surface area contributed by atoms with E-state index in [0.717, 1.165) is 10.5 Å². The summed E-state index contributed by atoms with van der Waals surface area (Å²) in [7, 11) is 0. The number of carbonyl (C=O) groups is 3. The summed E-state index contributed by atoms with van der Waals surface area (Å²) in [5, 5.41) is 0.505. The molecule has 162 valence electrons. The van der Waals surface area contributed by atoms with Gasteiger partial charge < -0.3 is 4.74 Å². The SMILES string of the molecule is O=C(NN[C@H]1CC(=O)N(c2ccccc2)C1=O)c1cccc(COc2ccccc2Cl)c1. The molecule has 0 radical (unpaired) electrons. The van der Waals surface area contributed by atoms with Crippen LogP contribution in [0.4, 0.5) is 5.69 Å². The van der Waals surface area contributed by atoms with Crippen LogP contribution in [0, 0.1) is 0 Å². The number of hydrogen-bond donors (Lipinski definition) is 2. The van der Waals surface area contributed by atoms with Crippen LogP contribution in [-0.4, -0.2) is 23.8 Å². The van der Waals surface area contributed by atoms with E-state index in [4.69, 9.17) is 16.3 Å². The second-order valence-electron chi connectivity index (χ2n) is 7.18. The molecule has 1 heterocycles. The largest absolute Gasteiger partial charge is 0.487 e.